The number of hydrogen-bond acceptors (Lipinski definition) is 14. The Balaban J connectivity index is 0.000000179. The molecule has 22 heteroatoms. The molecule has 4 N–H and O–H groups in total. The first-order chi connectivity index (χ1) is 37.6. The molecule has 0 bridgehead atoms. The molecule has 2 unspecified atom stereocenters. The van der Waals surface area contributed by atoms with Crippen molar-refractivity contribution in [1.29, 1.82) is 0 Å². The summed E-state index contributed by atoms with van der Waals surface area (Å²) in [7, 11) is -1.70. The smallest absolute Gasteiger partial charge is 0.488 e. The van der Waals surface area contributed by atoms with Crippen LogP contribution in [0.2, 0.25) is 0 Å². The van der Waals surface area contributed by atoms with E-state index in [-0.39, 0.29) is 41.9 Å². The van der Waals surface area contributed by atoms with Gasteiger partial charge in [0.05, 0.1) is 34.2 Å². The van der Waals surface area contributed by atoms with Crippen molar-refractivity contribution in [3.05, 3.63) is 89.2 Å². The molecule has 4 fully saturated rings. The largest absolute Gasteiger partial charge is 0.505 e. The Kier molecular flexibility index (Phi) is 18.0. The Morgan fingerprint density at radius 1 is 0.613 bits per heavy atom. The van der Waals surface area contributed by atoms with E-state index in [2.05, 4.69) is 46.0 Å². The molecular weight excluding hydrogens is 1100 g/mol. The summed E-state index contributed by atoms with van der Waals surface area (Å²) in [6.07, 6.45) is 9.00. The SMILES string of the molecule is CC(C)(C)OC(=O)N1CC(C(C)(C)Oc2cc(-c3ccc(O)c(F)c3)cc3c2cnn3C2CCCCO2)C1.CC(C)(C)OC(=O)N1CC(C(C)(C)Oc2cc(Br)cc3c2cnn3C2CCCCO2)C1.OB(O)c1ccc(O)c(F)c1. The van der Waals surface area contributed by atoms with Crippen LogP contribution < -0.4 is 14.9 Å². The van der Waals surface area contributed by atoms with Crippen LogP contribution in [0.25, 0.3) is 32.9 Å². The van der Waals surface area contributed by atoms with Gasteiger partial charge in [0.25, 0.3) is 0 Å². The number of fused-ring (bicyclic) bond motifs is 2. The number of phenolic OH excluding ortho intramolecular Hbond substituents is 2. The molecule has 0 saturated carbocycles. The van der Waals surface area contributed by atoms with E-state index in [0.29, 0.717) is 44.1 Å². The van der Waals surface area contributed by atoms with Crippen LogP contribution in [0.15, 0.2) is 77.5 Å². The van der Waals surface area contributed by atoms with Crippen molar-refractivity contribution in [2.24, 2.45) is 11.8 Å². The topological polar surface area (TPSA) is 213 Å². The van der Waals surface area contributed by atoms with Crippen LogP contribution >= 0.6 is 15.9 Å². The Hall–Kier alpha value is -6.20. The van der Waals surface area contributed by atoms with Gasteiger partial charge in [-0.25, -0.2) is 27.7 Å². The van der Waals surface area contributed by atoms with Gasteiger partial charge in [0.1, 0.15) is 33.9 Å². The standard InChI is InChI=1S/C29H36FN3O5.C23H32BrN3O4.C6H6BFO3/c1-28(2,3)38-27(35)32-16-20(17-32)29(4,5)37-25-14-19(18-9-10-24(34)22(30)12-18)13-23-21(25)15-31-33(23)26-8-6-7-11-36-26;1-22(2,3)31-21(28)26-13-15(14-26)23(4,5)30-19-11-16(24)10-18-17(19)12-25-27(18)20-8-6-7-9-29-20;8-5-3-4(7(10)11)1-2-6(5)9/h9-10,12-15,20,26,34H,6-8,11,16-17H2,1-5H3;10-12,15,20H,6-9,13-14H2,1-5H3;1-3,9-11H. The third-order valence-corrected chi connectivity index (χ3v) is 15.0. The van der Waals surface area contributed by atoms with Crippen LogP contribution in [0, 0.1) is 23.5 Å². The number of carbonyl (C=O) groups excluding carboxylic acids is 2. The van der Waals surface area contributed by atoms with Gasteiger partial charge in [-0.2, -0.15) is 10.2 Å². The zero-order valence-electron chi connectivity index (χ0n) is 47.2. The second kappa shape index (κ2) is 24.1. The predicted octanol–water partition coefficient (Wildman–Crippen LogP) is 11.0. The maximum Gasteiger partial charge on any atom is 0.488 e. The van der Waals surface area contributed by atoms with Crippen LogP contribution in [-0.4, -0.2) is 131 Å². The van der Waals surface area contributed by atoms with Crippen molar-refractivity contribution in [2.45, 2.75) is 143 Å². The summed E-state index contributed by atoms with van der Waals surface area (Å²) in [5, 5.41) is 46.6. The molecule has 4 aromatic carbocycles. The third-order valence-electron chi connectivity index (χ3n) is 14.5. The highest BCUT2D eigenvalue weighted by atomic mass is 79.9. The first kappa shape index (κ1) is 59.9. The Bertz CT molecular complexity index is 3150. The first-order valence-electron chi connectivity index (χ1n) is 27.1. The molecule has 2 amide bonds. The molecule has 4 saturated heterocycles. The number of hydrogen-bond donors (Lipinski definition) is 4. The molecule has 4 aliphatic rings. The molecule has 0 aliphatic carbocycles. The van der Waals surface area contributed by atoms with E-state index in [0.717, 1.165) is 94.9 Å². The summed E-state index contributed by atoms with van der Waals surface area (Å²) in [4.78, 5) is 28.1. The van der Waals surface area contributed by atoms with Gasteiger partial charge in [-0.15, -0.1) is 0 Å². The van der Waals surface area contributed by atoms with E-state index in [9.17, 15) is 23.5 Å². The molecule has 6 heterocycles. The van der Waals surface area contributed by atoms with Gasteiger partial charge in [-0.05, 0) is 173 Å². The number of aromatic nitrogens is 4. The molecule has 432 valence electrons. The van der Waals surface area contributed by atoms with Crippen LogP contribution in [-0.2, 0) is 18.9 Å². The van der Waals surface area contributed by atoms with Crippen molar-refractivity contribution in [3.63, 3.8) is 0 Å². The minimum Gasteiger partial charge on any atom is -0.505 e. The lowest BCUT2D eigenvalue weighted by Gasteiger charge is -2.47. The van der Waals surface area contributed by atoms with Crippen molar-refractivity contribution >= 4 is 62.5 Å². The summed E-state index contributed by atoms with van der Waals surface area (Å²) in [5.74, 6) is -0.743. The van der Waals surface area contributed by atoms with Gasteiger partial charge >= 0.3 is 19.3 Å². The fourth-order valence-electron chi connectivity index (χ4n) is 9.71. The third kappa shape index (κ3) is 14.5. The van der Waals surface area contributed by atoms with Crippen molar-refractivity contribution in [2.75, 3.05) is 39.4 Å². The average molecular weight is 1180 g/mol. The minimum absolute atomic E-state index is 0.0142. The summed E-state index contributed by atoms with van der Waals surface area (Å²) in [5.41, 5.74) is 1.11. The number of phenols is 2. The normalized spacial score (nSPS) is 18.3. The molecule has 2 atom stereocenters. The van der Waals surface area contributed by atoms with E-state index >= 15 is 0 Å². The van der Waals surface area contributed by atoms with Crippen molar-refractivity contribution in [1.82, 2.24) is 29.4 Å². The quantitative estimate of drug-likeness (QED) is 0.0940. The number of aromatic hydroxyl groups is 2. The summed E-state index contributed by atoms with van der Waals surface area (Å²) in [6.45, 7) is 23.1. The number of halogens is 3. The first-order valence-corrected chi connectivity index (χ1v) is 27.9. The van der Waals surface area contributed by atoms with E-state index in [1.165, 1.54) is 18.2 Å². The minimum atomic E-state index is -1.70. The van der Waals surface area contributed by atoms with Gasteiger partial charge < -0.3 is 58.5 Å². The highest BCUT2D eigenvalue weighted by Crippen LogP contribution is 2.42. The zero-order valence-corrected chi connectivity index (χ0v) is 48.8. The molecule has 18 nitrogen and oxygen atoms in total. The van der Waals surface area contributed by atoms with Crippen LogP contribution in [0.3, 0.4) is 0 Å². The predicted molar refractivity (Wildman–Crippen MR) is 302 cm³/mol. The molecule has 0 spiro atoms. The van der Waals surface area contributed by atoms with Gasteiger partial charge in [0, 0.05) is 55.7 Å². The molecular formula is C58H74BBrF2N6O12. The van der Waals surface area contributed by atoms with Gasteiger partial charge in [0.15, 0.2) is 35.6 Å². The van der Waals surface area contributed by atoms with E-state index in [1.54, 1.807) is 22.1 Å². The number of carbonyl (C=O) groups is 2. The monoisotopic (exact) mass is 1170 g/mol. The van der Waals surface area contributed by atoms with Crippen LogP contribution in [0.5, 0.6) is 23.0 Å². The highest BCUT2D eigenvalue weighted by Gasteiger charge is 2.46. The maximum atomic E-state index is 14.3. The fourth-order valence-corrected chi connectivity index (χ4v) is 10.1. The second-order valence-corrected chi connectivity index (χ2v) is 24.8. The Labute approximate surface area is 474 Å². The lowest BCUT2D eigenvalue weighted by atomic mass is 9.80. The van der Waals surface area contributed by atoms with E-state index in [1.807, 2.05) is 89.1 Å². The van der Waals surface area contributed by atoms with Crippen molar-refractivity contribution < 1.29 is 67.1 Å². The molecule has 0 radical (unpaired) electrons. The lowest BCUT2D eigenvalue weighted by molar-refractivity contribution is -0.0552. The van der Waals surface area contributed by atoms with Crippen LogP contribution in [0.4, 0.5) is 18.4 Å². The summed E-state index contributed by atoms with van der Waals surface area (Å²) >= 11 is 3.63. The highest BCUT2D eigenvalue weighted by molar-refractivity contribution is 9.10. The molecule has 80 heavy (non-hydrogen) atoms. The number of benzene rings is 4. The number of amides is 2. The molecule has 2 aromatic heterocycles. The molecule has 10 rings (SSSR count). The number of nitrogens with zero attached hydrogens (tertiary/aromatic N) is 6. The average Bonchev–Trinajstić information content (AvgIpc) is 4.00. The number of rotatable bonds is 10. The van der Waals surface area contributed by atoms with E-state index in [4.69, 9.17) is 43.6 Å². The zero-order chi connectivity index (χ0) is 58.1. The second-order valence-electron chi connectivity index (χ2n) is 23.9. The molecule has 6 aromatic rings. The lowest BCUT2D eigenvalue weighted by Crippen LogP contribution is -2.60. The Morgan fingerprint density at radius 2 is 1.06 bits per heavy atom. The maximum absolute atomic E-state index is 14.3. The van der Waals surface area contributed by atoms with Gasteiger partial charge in [-0.3, -0.25) is 0 Å². The van der Waals surface area contributed by atoms with Gasteiger partial charge in [0.2, 0.25) is 0 Å². The number of ether oxygens (including phenoxy) is 6. The summed E-state index contributed by atoms with van der Waals surface area (Å²) < 4.78 is 67.6. The fraction of sp³-hybridized carbons (Fsp3) is 0.517. The summed E-state index contributed by atoms with van der Waals surface area (Å²) in [6, 6.07) is 15.4. The van der Waals surface area contributed by atoms with E-state index < -0.39 is 52.7 Å². The Morgan fingerprint density at radius 3 is 1.49 bits per heavy atom. The van der Waals surface area contributed by atoms with Gasteiger partial charge in [-0.1, -0.05) is 28.1 Å². The number of likely N-dealkylation sites (tertiary alicyclic amines) is 2. The van der Waals surface area contributed by atoms with Crippen LogP contribution in [0.1, 0.15) is 120 Å². The van der Waals surface area contributed by atoms with Crippen molar-refractivity contribution in [3.8, 4) is 34.1 Å². The molecule has 4 aliphatic heterocycles.